The fraction of sp³-hybridized carbons (Fsp3) is 0.150. The smallest absolute Gasteiger partial charge is 0.213 e. The lowest BCUT2D eigenvalue weighted by Gasteiger charge is -2.13. The number of ether oxygens (including phenoxy) is 2. The molecular weight excluding hydrogens is 377 g/mol. The summed E-state index contributed by atoms with van der Waals surface area (Å²) < 4.78 is 26.4. The molecular formula is C20H18FN5O3. The largest absolute Gasteiger partial charge is 0.483 e. The Kier molecular flexibility index (Phi) is 5.21. The number of aliphatic hydroxyl groups excluding tert-OH is 1. The number of aromatic nitrogens is 4. The quantitative estimate of drug-likeness (QED) is 0.495. The number of hydrogen-bond acceptors (Lipinski definition) is 7. The van der Waals surface area contributed by atoms with E-state index in [9.17, 15) is 4.39 Å². The Morgan fingerprint density at radius 2 is 2.00 bits per heavy atom. The van der Waals surface area contributed by atoms with Crippen LogP contribution in [-0.2, 0) is 6.61 Å². The van der Waals surface area contributed by atoms with Gasteiger partial charge in [0, 0.05) is 23.8 Å². The van der Waals surface area contributed by atoms with Crippen LogP contribution in [0.2, 0.25) is 0 Å². The molecule has 4 rings (SSSR count). The van der Waals surface area contributed by atoms with Crippen LogP contribution < -0.4 is 15.2 Å². The second-order valence-electron chi connectivity index (χ2n) is 6.14. The van der Waals surface area contributed by atoms with E-state index in [0.717, 1.165) is 0 Å². The zero-order valence-corrected chi connectivity index (χ0v) is 15.3. The highest BCUT2D eigenvalue weighted by atomic mass is 19.1. The fourth-order valence-electron chi connectivity index (χ4n) is 2.84. The first-order valence-electron chi connectivity index (χ1n) is 8.86. The number of nitrogen functional groups attached to an aromatic ring is 1. The van der Waals surface area contributed by atoms with E-state index in [2.05, 4.69) is 15.1 Å². The third-order valence-corrected chi connectivity index (χ3v) is 4.15. The summed E-state index contributed by atoms with van der Waals surface area (Å²) in [5, 5.41) is 13.8. The van der Waals surface area contributed by atoms with E-state index in [-0.39, 0.29) is 31.5 Å². The number of rotatable bonds is 7. The molecule has 0 aliphatic carbocycles. The standard InChI is InChI=1S/C20H18FN5O3/c21-14-2-3-15-13(10-14)11-18(20(22)25-15)29-12-16-17(26-7-1-6-23-26)4-5-19(24-16)28-9-8-27/h1-7,10-11,27H,8-9,12H2,(H2,22,25). The molecule has 0 radical (unpaired) electrons. The molecule has 0 aliphatic heterocycles. The van der Waals surface area contributed by atoms with Crippen LogP contribution in [0, 0.1) is 5.82 Å². The Hall–Kier alpha value is -3.72. The summed E-state index contributed by atoms with van der Waals surface area (Å²) in [5.41, 5.74) is 7.81. The number of nitrogens with two attached hydrogens (primary N) is 1. The van der Waals surface area contributed by atoms with Crippen LogP contribution in [0.3, 0.4) is 0 Å². The minimum Gasteiger partial charge on any atom is -0.483 e. The van der Waals surface area contributed by atoms with Crippen molar-refractivity contribution in [1.29, 1.82) is 0 Å². The second-order valence-corrected chi connectivity index (χ2v) is 6.14. The van der Waals surface area contributed by atoms with Gasteiger partial charge in [0.15, 0.2) is 11.6 Å². The molecule has 148 valence electrons. The molecule has 0 saturated heterocycles. The van der Waals surface area contributed by atoms with Crippen molar-refractivity contribution in [2.75, 3.05) is 18.9 Å². The van der Waals surface area contributed by atoms with Gasteiger partial charge in [-0.2, -0.15) is 5.10 Å². The van der Waals surface area contributed by atoms with Gasteiger partial charge in [0.05, 0.1) is 17.8 Å². The molecule has 0 unspecified atom stereocenters. The first-order valence-corrected chi connectivity index (χ1v) is 8.86. The summed E-state index contributed by atoms with van der Waals surface area (Å²) in [6, 6.07) is 11.2. The van der Waals surface area contributed by atoms with Crippen LogP contribution >= 0.6 is 0 Å². The van der Waals surface area contributed by atoms with E-state index < -0.39 is 0 Å². The minimum atomic E-state index is -0.369. The highest BCUT2D eigenvalue weighted by Crippen LogP contribution is 2.27. The van der Waals surface area contributed by atoms with Gasteiger partial charge in [-0.25, -0.2) is 19.0 Å². The number of halogens is 1. The van der Waals surface area contributed by atoms with Crippen molar-refractivity contribution < 1.29 is 19.0 Å². The van der Waals surface area contributed by atoms with E-state index in [0.29, 0.717) is 33.9 Å². The van der Waals surface area contributed by atoms with Gasteiger partial charge < -0.3 is 20.3 Å². The Morgan fingerprint density at radius 1 is 1.10 bits per heavy atom. The Labute approximate surface area is 165 Å². The second kappa shape index (κ2) is 8.11. The van der Waals surface area contributed by atoms with E-state index >= 15 is 0 Å². The van der Waals surface area contributed by atoms with Crippen molar-refractivity contribution in [1.82, 2.24) is 19.7 Å². The lowest BCUT2D eigenvalue weighted by atomic mass is 10.2. The normalized spacial score (nSPS) is 11.0. The number of fused-ring (bicyclic) bond motifs is 1. The highest BCUT2D eigenvalue weighted by molar-refractivity contribution is 5.82. The Bertz CT molecular complexity index is 1130. The van der Waals surface area contributed by atoms with Crippen LogP contribution in [0.5, 0.6) is 11.6 Å². The maximum atomic E-state index is 13.5. The SMILES string of the molecule is Nc1nc2ccc(F)cc2cc1OCc1nc(OCCO)ccc1-n1cccn1. The lowest BCUT2D eigenvalue weighted by molar-refractivity contribution is 0.195. The molecule has 0 fully saturated rings. The van der Waals surface area contributed by atoms with Crippen molar-refractivity contribution in [2.45, 2.75) is 6.61 Å². The van der Waals surface area contributed by atoms with Crippen molar-refractivity contribution in [2.24, 2.45) is 0 Å². The maximum Gasteiger partial charge on any atom is 0.213 e. The molecule has 8 nitrogen and oxygen atoms in total. The number of benzene rings is 1. The molecule has 3 N–H and O–H groups in total. The average Bonchev–Trinajstić information content (AvgIpc) is 3.25. The summed E-state index contributed by atoms with van der Waals surface area (Å²) >= 11 is 0. The highest BCUT2D eigenvalue weighted by Gasteiger charge is 2.12. The van der Waals surface area contributed by atoms with E-state index in [1.165, 1.54) is 12.1 Å². The third-order valence-electron chi connectivity index (χ3n) is 4.15. The zero-order chi connectivity index (χ0) is 20.2. The van der Waals surface area contributed by atoms with Crippen LogP contribution in [0.25, 0.3) is 16.6 Å². The molecule has 4 aromatic rings. The molecule has 0 atom stereocenters. The number of pyridine rings is 2. The Balaban J connectivity index is 1.64. The topological polar surface area (TPSA) is 108 Å². The summed E-state index contributed by atoms with van der Waals surface area (Å²) in [5.74, 6) is 0.488. The molecule has 3 aromatic heterocycles. The van der Waals surface area contributed by atoms with E-state index in [4.69, 9.17) is 20.3 Å². The molecule has 0 aliphatic rings. The van der Waals surface area contributed by atoms with Crippen LogP contribution in [-0.4, -0.2) is 38.1 Å². The van der Waals surface area contributed by atoms with Gasteiger partial charge in [0.1, 0.15) is 24.7 Å². The summed E-state index contributed by atoms with van der Waals surface area (Å²) in [6.45, 7) is 0.0595. The molecule has 9 heteroatoms. The van der Waals surface area contributed by atoms with Crippen molar-refractivity contribution >= 4 is 16.7 Å². The summed E-state index contributed by atoms with van der Waals surface area (Å²) in [4.78, 5) is 8.70. The minimum absolute atomic E-state index is 0.0538. The van der Waals surface area contributed by atoms with E-state index in [1.54, 1.807) is 47.4 Å². The lowest BCUT2D eigenvalue weighted by Crippen LogP contribution is -2.10. The number of aliphatic hydroxyl groups is 1. The molecule has 3 heterocycles. The van der Waals surface area contributed by atoms with Gasteiger partial charge in [0.25, 0.3) is 0 Å². The molecule has 0 saturated carbocycles. The van der Waals surface area contributed by atoms with Gasteiger partial charge in [-0.15, -0.1) is 0 Å². The van der Waals surface area contributed by atoms with Gasteiger partial charge in [-0.1, -0.05) is 0 Å². The summed E-state index contributed by atoms with van der Waals surface area (Å²) in [6.07, 6.45) is 3.43. The molecule has 0 amide bonds. The van der Waals surface area contributed by atoms with Crippen LogP contribution in [0.4, 0.5) is 10.2 Å². The zero-order valence-electron chi connectivity index (χ0n) is 15.3. The van der Waals surface area contributed by atoms with Crippen LogP contribution in [0.15, 0.2) is 54.9 Å². The van der Waals surface area contributed by atoms with Crippen molar-refractivity contribution in [3.63, 3.8) is 0 Å². The molecule has 0 spiro atoms. The predicted molar refractivity (Wildman–Crippen MR) is 104 cm³/mol. The van der Waals surface area contributed by atoms with Crippen molar-refractivity contribution in [3.8, 4) is 17.3 Å². The third kappa shape index (κ3) is 4.09. The monoisotopic (exact) mass is 395 g/mol. The molecule has 29 heavy (non-hydrogen) atoms. The first kappa shape index (κ1) is 18.6. The number of nitrogens with zero attached hydrogens (tertiary/aromatic N) is 4. The number of anilines is 1. The van der Waals surface area contributed by atoms with Gasteiger partial charge in [-0.05, 0) is 36.4 Å². The van der Waals surface area contributed by atoms with Gasteiger partial charge in [-0.3, -0.25) is 0 Å². The van der Waals surface area contributed by atoms with E-state index in [1.807, 2.05) is 0 Å². The average molecular weight is 395 g/mol. The van der Waals surface area contributed by atoms with Crippen molar-refractivity contribution in [3.05, 3.63) is 66.4 Å². The molecule has 0 bridgehead atoms. The summed E-state index contributed by atoms with van der Waals surface area (Å²) in [7, 11) is 0. The Morgan fingerprint density at radius 3 is 2.79 bits per heavy atom. The van der Waals surface area contributed by atoms with Gasteiger partial charge >= 0.3 is 0 Å². The molecule has 1 aromatic carbocycles. The number of hydrogen-bond donors (Lipinski definition) is 2. The van der Waals surface area contributed by atoms with Crippen LogP contribution in [0.1, 0.15) is 5.69 Å². The maximum absolute atomic E-state index is 13.5. The van der Waals surface area contributed by atoms with Gasteiger partial charge in [0.2, 0.25) is 5.88 Å². The predicted octanol–water partition coefficient (Wildman–Crippen LogP) is 2.49. The first-order chi connectivity index (χ1) is 14.1. The fourth-order valence-corrected chi connectivity index (χ4v) is 2.84.